The summed E-state index contributed by atoms with van der Waals surface area (Å²) in [6.07, 6.45) is 2.46. The number of aliphatic hydroxyl groups is 1. The van der Waals surface area contributed by atoms with Gasteiger partial charge in [-0.05, 0) is 71.6 Å². The highest BCUT2D eigenvalue weighted by Crippen LogP contribution is 2.44. The summed E-state index contributed by atoms with van der Waals surface area (Å²) in [6, 6.07) is 10.7. The summed E-state index contributed by atoms with van der Waals surface area (Å²) in [4.78, 5) is 2.53. The van der Waals surface area contributed by atoms with Gasteiger partial charge in [0.1, 0.15) is 12.4 Å². The molecular weight excluding hydrogens is 393 g/mol. The molecule has 31 heavy (non-hydrogen) atoms. The molecule has 2 aliphatic heterocycles. The molecule has 168 valence electrons. The molecule has 1 N–H and O–H groups in total. The molecule has 3 unspecified atom stereocenters. The normalized spacial score (nSPS) is 23.7. The van der Waals surface area contributed by atoms with Gasteiger partial charge in [-0.25, -0.2) is 4.39 Å². The molecule has 0 spiro atoms. The first-order chi connectivity index (χ1) is 14.7. The number of hydrogen-bond acceptors (Lipinski definition) is 4. The Bertz CT molecular complexity index is 906. The van der Waals surface area contributed by atoms with Crippen LogP contribution in [0.25, 0.3) is 0 Å². The van der Waals surface area contributed by atoms with Crippen molar-refractivity contribution >= 4 is 0 Å². The molecule has 4 nitrogen and oxygen atoms in total. The van der Waals surface area contributed by atoms with Crippen LogP contribution in [-0.2, 0) is 13.0 Å². The van der Waals surface area contributed by atoms with Gasteiger partial charge >= 0.3 is 0 Å². The van der Waals surface area contributed by atoms with Crippen LogP contribution in [0.2, 0.25) is 0 Å². The number of nitrogens with zero attached hydrogens (tertiary/aromatic N) is 1. The first-order valence-corrected chi connectivity index (χ1v) is 11.2. The van der Waals surface area contributed by atoms with Crippen molar-refractivity contribution in [3.63, 3.8) is 0 Å². The van der Waals surface area contributed by atoms with Gasteiger partial charge < -0.3 is 14.6 Å². The molecule has 0 radical (unpaired) electrons. The zero-order valence-electron chi connectivity index (χ0n) is 19.0. The Hall–Kier alpha value is -2.11. The van der Waals surface area contributed by atoms with Crippen LogP contribution < -0.4 is 9.47 Å². The average Bonchev–Trinajstić information content (AvgIpc) is 2.72. The van der Waals surface area contributed by atoms with E-state index in [0.29, 0.717) is 24.0 Å². The van der Waals surface area contributed by atoms with Gasteiger partial charge in [0, 0.05) is 19.1 Å². The third-order valence-corrected chi connectivity index (χ3v) is 6.55. The Morgan fingerprint density at radius 3 is 2.55 bits per heavy atom. The molecule has 1 saturated heterocycles. The van der Waals surface area contributed by atoms with E-state index in [4.69, 9.17) is 9.47 Å². The van der Waals surface area contributed by atoms with Crippen LogP contribution in [0, 0.1) is 17.2 Å². The van der Waals surface area contributed by atoms with E-state index in [1.54, 1.807) is 19.2 Å². The van der Waals surface area contributed by atoms with Gasteiger partial charge in [-0.15, -0.1) is 0 Å². The zero-order chi connectivity index (χ0) is 22.2. The maximum Gasteiger partial charge on any atom is 0.161 e. The molecule has 2 heterocycles. The fourth-order valence-electron chi connectivity index (χ4n) is 5.10. The van der Waals surface area contributed by atoms with Crippen molar-refractivity contribution < 1.29 is 19.0 Å². The quantitative estimate of drug-likeness (QED) is 0.718. The number of ether oxygens (including phenoxy) is 2. The topological polar surface area (TPSA) is 41.9 Å². The lowest BCUT2D eigenvalue weighted by atomic mass is 9.75. The average molecular weight is 428 g/mol. The summed E-state index contributed by atoms with van der Waals surface area (Å²) in [5.74, 6) is 1.48. The van der Waals surface area contributed by atoms with Crippen LogP contribution in [0.15, 0.2) is 36.4 Å². The molecule has 5 heteroatoms. The van der Waals surface area contributed by atoms with Gasteiger partial charge in [-0.1, -0.05) is 32.9 Å². The lowest BCUT2D eigenvalue weighted by Crippen LogP contribution is -2.48. The second kappa shape index (κ2) is 8.79. The summed E-state index contributed by atoms with van der Waals surface area (Å²) in [5.41, 5.74) is 3.63. The van der Waals surface area contributed by atoms with Crippen molar-refractivity contribution in [1.29, 1.82) is 0 Å². The lowest BCUT2D eigenvalue weighted by molar-refractivity contribution is -0.0259. The van der Waals surface area contributed by atoms with E-state index in [9.17, 15) is 9.50 Å². The smallest absolute Gasteiger partial charge is 0.161 e. The predicted octanol–water partition coefficient (Wildman–Crippen LogP) is 5.13. The van der Waals surface area contributed by atoms with Gasteiger partial charge in [0.2, 0.25) is 0 Å². The van der Waals surface area contributed by atoms with Crippen LogP contribution in [0.5, 0.6) is 11.5 Å². The van der Waals surface area contributed by atoms with Crippen LogP contribution in [0.3, 0.4) is 0 Å². The van der Waals surface area contributed by atoms with Gasteiger partial charge in [0.25, 0.3) is 0 Å². The molecule has 0 aromatic heterocycles. The highest BCUT2D eigenvalue weighted by Gasteiger charge is 2.39. The third kappa shape index (κ3) is 5.04. The van der Waals surface area contributed by atoms with Crippen LogP contribution >= 0.6 is 0 Å². The number of rotatable bonds is 5. The van der Waals surface area contributed by atoms with E-state index in [-0.39, 0.29) is 23.4 Å². The highest BCUT2D eigenvalue weighted by atomic mass is 19.1. The second-order valence-corrected chi connectivity index (χ2v) is 10.2. The number of halogens is 1. The summed E-state index contributed by atoms with van der Waals surface area (Å²) in [5, 5.41) is 10.9. The summed E-state index contributed by atoms with van der Waals surface area (Å²) in [7, 11) is 1.65. The van der Waals surface area contributed by atoms with E-state index in [2.05, 4.69) is 37.8 Å². The Labute approximate surface area is 185 Å². The second-order valence-electron chi connectivity index (χ2n) is 10.2. The minimum absolute atomic E-state index is 0.214. The molecule has 1 fully saturated rings. The van der Waals surface area contributed by atoms with Crippen molar-refractivity contribution in [1.82, 2.24) is 4.90 Å². The van der Waals surface area contributed by atoms with Gasteiger partial charge in [-0.2, -0.15) is 0 Å². The van der Waals surface area contributed by atoms with E-state index < -0.39 is 0 Å². The number of fused-ring (bicyclic) bond motifs is 3. The Kier molecular flexibility index (Phi) is 6.27. The maximum absolute atomic E-state index is 13.1. The predicted molar refractivity (Wildman–Crippen MR) is 120 cm³/mol. The molecular formula is C26H34FNO3. The molecule has 2 aromatic carbocycles. The zero-order valence-corrected chi connectivity index (χ0v) is 19.0. The van der Waals surface area contributed by atoms with Gasteiger partial charge in [-0.3, -0.25) is 4.90 Å². The minimum atomic E-state index is -0.285. The van der Waals surface area contributed by atoms with E-state index >= 15 is 0 Å². The fraction of sp³-hybridized carbons (Fsp3) is 0.538. The molecule has 2 aliphatic rings. The van der Waals surface area contributed by atoms with Gasteiger partial charge in [0.15, 0.2) is 11.5 Å². The molecule has 3 atom stereocenters. The Morgan fingerprint density at radius 2 is 1.87 bits per heavy atom. The number of methoxy groups -OCH3 is 1. The molecule has 0 amide bonds. The maximum atomic E-state index is 13.1. The Morgan fingerprint density at radius 1 is 1.13 bits per heavy atom. The van der Waals surface area contributed by atoms with Crippen molar-refractivity contribution in [3.8, 4) is 11.5 Å². The van der Waals surface area contributed by atoms with Crippen LogP contribution in [-0.4, -0.2) is 36.3 Å². The lowest BCUT2D eigenvalue weighted by Gasteiger charge is -2.47. The first kappa shape index (κ1) is 22.1. The molecule has 0 saturated carbocycles. The largest absolute Gasteiger partial charge is 0.493 e. The molecule has 2 aromatic rings. The van der Waals surface area contributed by atoms with Crippen LogP contribution in [0.1, 0.15) is 56.3 Å². The minimum Gasteiger partial charge on any atom is -0.493 e. The third-order valence-electron chi connectivity index (χ3n) is 6.55. The van der Waals surface area contributed by atoms with Crippen LogP contribution in [0.4, 0.5) is 4.39 Å². The van der Waals surface area contributed by atoms with Gasteiger partial charge in [0.05, 0.1) is 13.2 Å². The summed E-state index contributed by atoms with van der Waals surface area (Å²) < 4.78 is 24.8. The first-order valence-electron chi connectivity index (χ1n) is 11.2. The van der Waals surface area contributed by atoms with E-state index in [1.807, 2.05) is 0 Å². The number of aliphatic hydroxyl groups excluding tert-OH is 1. The SMILES string of the molecule is COc1cc2c(cc1OCc1ccc(F)cc1)CCN1CC(CC(C)(C)C)C(O)CC21. The number of benzene rings is 2. The fourth-order valence-corrected chi connectivity index (χ4v) is 5.10. The Balaban J connectivity index is 1.52. The summed E-state index contributed by atoms with van der Waals surface area (Å²) >= 11 is 0. The van der Waals surface area contributed by atoms with E-state index in [1.165, 1.54) is 23.3 Å². The molecule has 4 rings (SSSR count). The van der Waals surface area contributed by atoms with Crippen molar-refractivity contribution in [2.75, 3.05) is 20.2 Å². The van der Waals surface area contributed by atoms with E-state index in [0.717, 1.165) is 37.9 Å². The molecule has 0 aliphatic carbocycles. The van der Waals surface area contributed by atoms with Crippen molar-refractivity contribution in [2.45, 2.75) is 58.8 Å². The molecule has 0 bridgehead atoms. The van der Waals surface area contributed by atoms with Crippen molar-refractivity contribution in [3.05, 3.63) is 58.9 Å². The number of hydrogen-bond donors (Lipinski definition) is 1. The summed E-state index contributed by atoms with van der Waals surface area (Å²) in [6.45, 7) is 9.03. The highest BCUT2D eigenvalue weighted by molar-refractivity contribution is 5.50. The monoisotopic (exact) mass is 427 g/mol. The van der Waals surface area contributed by atoms with Crippen molar-refractivity contribution in [2.24, 2.45) is 11.3 Å². The number of piperidine rings is 1. The standard InChI is InChI=1S/C26H34FNO3/c1-26(2,3)14-19-15-28-10-9-18-11-25(31-16-17-5-7-20(27)8-6-17)24(30-4)12-21(18)22(28)13-23(19)29/h5-8,11-12,19,22-23,29H,9-10,13-16H2,1-4H3.